The first-order chi connectivity index (χ1) is 12.2. The van der Waals surface area contributed by atoms with Crippen LogP contribution in [0.3, 0.4) is 0 Å². The zero-order valence-corrected chi connectivity index (χ0v) is 13.6. The van der Waals surface area contributed by atoms with E-state index in [4.69, 9.17) is 9.47 Å². The van der Waals surface area contributed by atoms with E-state index in [1.807, 2.05) is 30.3 Å². The molecular weight excluding hydrogens is 322 g/mol. The van der Waals surface area contributed by atoms with Crippen molar-refractivity contribution < 1.29 is 19.4 Å². The molecule has 1 amide bonds. The number of rotatable bonds is 6. The molecule has 0 unspecified atom stereocenters. The number of aliphatic hydroxyl groups excluding tert-OH is 1. The van der Waals surface area contributed by atoms with Gasteiger partial charge in [-0.1, -0.05) is 60.7 Å². The minimum absolute atomic E-state index is 0.0831. The minimum Gasteiger partial charge on any atom is -0.475 e. The monoisotopic (exact) mass is 340 g/mol. The quantitative estimate of drug-likeness (QED) is 0.614. The summed E-state index contributed by atoms with van der Waals surface area (Å²) in [4.78, 5) is 15.2. The molecule has 0 saturated heterocycles. The number of hydrogen-bond donors (Lipinski definition) is 2. The highest BCUT2D eigenvalue weighted by molar-refractivity contribution is 5.68. The lowest BCUT2D eigenvalue weighted by molar-refractivity contribution is 0.125. The highest BCUT2D eigenvalue weighted by Gasteiger charge is 2.35. The van der Waals surface area contributed by atoms with Crippen molar-refractivity contribution >= 4 is 6.09 Å². The maximum atomic E-state index is 12.1. The lowest BCUT2D eigenvalue weighted by atomic mass is 10.0. The van der Waals surface area contributed by atoms with Crippen LogP contribution in [0.1, 0.15) is 17.2 Å². The van der Waals surface area contributed by atoms with Crippen molar-refractivity contribution in [2.24, 2.45) is 0 Å². The summed E-state index contributed by atoms with van der Waals surface area (Å²) in [6.45, 7) is 0.0831. The molecule has 0 aromatic heterocycles. The Bertz CT molecular complexity index is 770. The SMILES string of the molecule is CO/C(O)=C(\[N+]#N)[C@@H](NC(=O)OCc1ccccc1)c1ccccc1. The predicted octanol–water partition coefficient (Wildman–Crippen LogP) is 3.88. The van der Waals surface area contributed by atoms with Gasteiger partial charge in [0, 0.05) is 0 Å². The lowest BCUT2D eigenvalue weighted by Crippen LogP contribution is -2.30. The molecule has 7 nitrogen and oxygen atoms in total. The zero-order chi connectivity index (χ0) is 18.1. The molecule has 2 rings (SSSR count). The summed E-state index contributed by atoms with van der Waals surface area (Å²) >= 11 is 0. The average molecular weight is 340 g/mol. The first-order valence-corrected chi connectivity index (χ1v) is 7.50. The molecular formula is C18H18N3O4+. The molecule has 2 aromatic rings. The highest BCUT2D eigenvalue weighted by atomic mass is 16.6. The van der Waals surface area contributed by atoms with Crippen molar-refractivity contribution in [3.63, 3.8) is 0 Å². The fourth-order valence-electron chi connectivity index (χ4n) is 2.17. The summed E-state index contributed by atoms with van der Waals surface area (Å²) in [6.07, 6.45) is -0.734. The van der Waals surface area contributed by atoms with Crippen LogP contribution in [0, 0.1) is 5.39 Å². The largest absolute Gasteiger partial charge is 0.475 e. The number of alkyl carbamates (subject to hydrolysis) is 1. The number of diazo groups is 1. The van der Waals surface area contributed by atoms with Crippen molar-refractivity contribution in [3.05, 3.63) is 88.4 Å². The van der Waals surface area contributed by atoms with E-state index < -0.39 is 18.1 Å². The van der Waals surface area contributed by atoms with Gasteiger partial charge in [-0.05, 0) is 11.1 Å². The molecule has 0 saturated carbocycles. The van der Waals surface area contributed by atoms with E-state index in [2.05, 4.69) is 10.3 Å². The Hall–Kier alpha value is -3.53. The molecule has 25 heavy (non-hydrogen) atoms. The number of nitrogens with one attached hydrogen (secondary N) is 1. The van der Waals surface area contributed by atoms with E-state index in [1.54, 1.807) is 30.3 Å². The smallest absolute Gasteiger partial charge is 0.466 e. The van der Waals surface area contributed by atoms with Crippen LogP contribution >= 0.6 is 0 Å². The van der Waals surface area contributed by atoms with Gasteiger partial charge in [0.2, 0.25) is 5.39 Å². The third-order valence-electron chi connectivity index (χ3n) is 3.40. The molecule has 0 aliphatic heterocycles. The number of ether oxygens (including phenoxy) is 2. The molecule has 0 aliphatic carbocycles. The molecule has 0 spiro atoms. The van der Waals surface area contributed by atoms with E-state index >= 15 is 0 Å². The number of nitrogens with zero attached hydrogens (tertiary/aromatic N) is 2. The Morgan fingerprint density at radius 1 is 1.16 bits per heavy atom. The van der Waals surface area contributed by atoms with Crippen molar-refractivity contribution in [2.75, 3.05) is 7.11 Å². The second-order valence-corrected chi connectivity index (χ2v) is 5.04. The van der Waals surface area contributed by atoms with Gasteiger partial charge in [-0.2, -0.15) is 0 Å². The van der Waals surface area contributed by atoms with Crippen LogP contribution in [0.25, 0.3) is 4.98 Å². The fourth-order valence-corrected chi connectivity index (χ4v) is 2.17. The number of amides is 1. The molecule has 7 heteroatoms. The average Bonchev–Trinajstić information content (AvgIpc) is 2.67. The standard InChI is InChI=1S/C18H17N3O4/c1-24-17(22)16(21-19)15(14-10-6-3-7-11-14)20-18(23)25-12-13-8-4-2-5-9-13/h2-11,15H,12H2,1H3,(H-,20,22,23)/p+1/b17-16-/t15-/m0/s1. The molecule has 0 heterocycles. The maximum Gasteiger partial charge on any atom is 0.466 e. The summed E-state index contributed by atoms with van der Waals surface area (Å²) in [7, 11) is 1.22. The normalized spacial score (nSPS) is 12.3. The third kappa shape index (κ3) is 4.97. The van der Waals surface area contributed by atoms with Gasteiger partial charge in [0.25, 0.3) is 0 Å². The van der Waals surface area contributed by atoms with E-state index in [1.165, 1.54) is 7.11 Å². The zero-order valence-electron chi connectivity index (χ0n) is 13.6. The molecule has 0 fully saturated rings. The number of aliphatic hydroxyl groups is 1. The number of carbonyl (C=O) groups excluding carboxylic acids is 1. The van der Waals surface area contributed by atoms with E-state index in [0.717, 1.165) is 5.56 Å². The highest BCUT2D eigenvalue weighted by Crippen LogP contribution is 2.25. The molecule has 1 atom stereocenters. The van der Waals surface area contributed by atoms with E-state index in [9.17, 15) is 15.3 Å². The van der Waals surface area contributed by atoms with Crippen molar-refractivity contribution in [1.82, 2.24) is 5.32 Å². The van der Waals surface area contributed by atoms with E-state index in [-0.39, 0.29) is 12.3 Å². The van der Waals surface area contributed by atoms with Gasteiger partial charge in [0.15, 0.2) is 11.0 Å². The Labute approximate surface area is 145 Å². The van der Waals surface area contributed by atoms with Gasteiger partial charge in [-0.3, -0.25) is 0 Å². The van der Waals surface area contributed by atoms with Gasteiger partial charge in [0.1, 0.15) is 6.61 Å². The Morgan fingerprint density at radius 3 is 2.32 bits per heavy atom. The van der Waals surface area contributed by atoms with Gasteiger partial charge in [-0.15, -0.1) is 0 Å². The number of hydrogen-bond acceptors (Lipinski definition) is 5. The molecule has 0 radical (unpaired) electrons. The maximum absolute atomic E-state index is 12.1. The Balaban J connectivity index is 2.16. The minimum atomic E-state index is -0.950. The second-order valence-electron chi connectivity index (χ2n) is 5.04. The predicted molar refractivity (Wildman–Crippen MR) is 90.7 cm³/mol. The van der Waals surface area contributed by atoms with Gasteiger partial charge < -0.3 is 19.9 Å². The van der Waals surface area contributed by atoms with E-state index in [0.29, 0.717) is 5.56 Å². The number of benzene rings is 2. The molecule has 128 valence electrons. The lowest BCUT2D eigenvalue weighted by Gasteiger charge is -2.13. The van der Waals surface area contributed by atoms with Crippen LogP contribution in [0.2, 0.25) is 0 Å². The van der Waals surface area contributed by atoms with Crippen LogP contribution in [0.5, 0.6) is 0 Å². The first-order valence-electron chi connectivity index (χ1n) is 7.50. The summed E-state index contributed by atoms with van der Waals surface area (Å²) in [5, 5.41) is 21.6. The summed E-state index contributed by atoms with van der Waals surface area (Å²) in [6, 6.07) is 16.9. The van der Waals surface area contributed by atoms with Crippen molar-refractivity contribution in [2.45, 2.75) is 12.6 Å². The van der Waals surface area contributed by atoms with Crippen molar-refractivity contribution in [3.8, 4) is 0 Å². The van der Waals surface area contributed by atoms with Crippen molar-refractivity contribution in [1.29, 1.82) is 5.39 Å². The molecule has 0 aliphatic rings. The first kappa shape index (κ1) is 17.8. The number of carbonyl (C=O) groups is 1. The Morgan fingerprint density at radius 2 is 1.76 bits per heavy atom. The number of methoxy groups -OCH3 is 1. The summed E-state index contributed by atoms with van der Waals surface area (Å²) in [5.74, 6) is -0.611. The fraction of sp³-hybridized carbons (Fsp3) is 0.167. The topological polar surface area (TPSA) is 95.9 Å². The summed E-state index contributed by atoms with van der Waals surface area (Å²) < 4.78 is 9.88. The summed E-state index contributed by atoms with van der Waals surface area (Å²) in [5.41, 5.74) is 1.16. The molecule has 0 bridgehead atoms. The van der Waals surface area contributed by atoms with Crippen LogP contribution < -0.4 is 5.32 Å². The van der Waals surface area contributed by atoms with Crippen LogP contribution in [-0.4, -0.2) is 18.3 Å². The van der Waals surface area contributed by atoms with Gasteiger partial charge >= 0.3 is 17.7 Å². The van der Waals surface area contributed by atoms with Gasteiger partial charge in [0.05, 0.1) is 7.11 Å². The molecule has 2 N–H and O–H groups in total. The van der Waals surface area contributed by atoms with Crippen LogP contribution in [0.15, 0.2) is 72.3 Å². The van der Waals surface area contributed by atoms with Crippen LogP contribution in [0.4, 0.5) is 4.79 Å². The Kier molecular flexibility index (Phi) is 6.37. The second kappa shape index (κ2) is 8.93. The molecule has 2 aromatic carbocycles. The third-order valence-corrected chi connectivity index (χ3v) is 3.40. The van der Waals surface area contributed by atoms with Gasteiger partial charge in [-0.25, -0.2) is 4.79 Å². The van der Waals surface area contributed by atoms with Crippen LogP contribution in [-0.2, 0) is 16.1 Å².